The maximum absolute atomic E-state index is 10.6. The summed E-state index contributed by atoms with van der Waals surface area (Å²) in [7, 11) is 1.98. The van der Waals surface area contributed by atoms with Crippen molar-refractivity contribution in [3.63, 3.8) is 0 Å². The summed E-state index contributed by atoms with van der Waals surface area (Å²) in [5, 5.41) is 2.78. The number of benzene rings is 2. The Morgan fingerprint density at radius 3 is 1.62 bits per heavy atom. The summed E-state index contributed by atoms with van der Waals surface area (Å²) in [6.45, 7) is 0. The summed E-state index contributed by atoms with van der Waals surface area (Å²) in [4.78, 5) is 21.3. The van der Waals surface area contributed by atoms with Crippen molar-refractivity contribution in [3.05, 3.63) is 59.7 Å². The molecule has 0 bridgehead atoms. The molecule has 0 atom stereocenters. The third kappa shape index (κ3) is 2.77. The average Bonchev–Trinajstić information content (AvgIpc) is 2.87. The van der Waals surface area contributed by atoms with Crippen LogP contribution in [0.15, 0.2) is 48.6 Å². The van der Waals surface area contributed by atoms with Crippen LogP contribution in [0, 0.1) is 0 Å². The molecule has 0 spiro atoms. The third-order valence-electron chi connectivity index (χ3n) is 3.99. The topological polar surface area (TPSA) is 39.1 Å². The molecule has 0 saturated carbocycles. The Bertz CT molecular complexity index is 947. The lowest BCUT2D eigenvalue weighted by Gasteiger charge is -2.01. The average molecular weight is 358 g/mol. The molecule has 0 radical (unpaired) electrons. The molecule has 3 nitrogen and oxygen atoms in total. The second kappa shape index (κ2) is 6.63. The highest BCUT2D eigenvalue weighted by Crippen LogP contribution is 2.33. The number of rotatable bonds is 4. The molecule has 3 aromatic rings. The predicted molar refractivity (Wildman–Crippen MR) is 100 cm³/mol. The smallest absolute Gasteiger partial charge is 0.144 e. The molecule has 120 valence electrons. The summed E-state index contributed by atoms with van der Waals surface area (Å²) in [5.41, 5.74) is 3.61. The summed E-state index contributed by atoms with van der Waals surface area (Å²) in [6, 6.07) is 11.6. The Balaban J connectivity index is 2.31. The molecule has 3 rings (SSSR count). The van der Waals surface area contributed by atoms with Crippen molar-refractivity contribution in [2.24, 2.45) is 7.05 Å². The van der Waals surface area contributed by atoms with E-state index in [9.17, 15) is 9.59 Å². The van der Waals surface area contributed by atoms with Crippen molar-refractivity contribution in [1.29, 1.82) is 0 Å². The largest absolute Gasteiger partial charge is 0.344 e. The van der Waals surface area contributed by atoms with Gasteiger partial charge in [-0.15, -0.1) is 0 Å². The van der Waals surface area contributed by atoms with Crippen LogP contribution in [0.2, 0.25) is 0 Å². The van der Waals surface area contributed by atoms with Crippen molar-refractivity contribution >= 4 is 67.6 Å². The number of aryl methyl sites for hydroxylation is 1. The van der Waals surface area contributed by atoms with Gasteiger partial charge in [-0.25, -0.2) is 0 Å². The van der Waals surface area contributed by atoms with Crippen LogP contribution in [-0.4, -0.2) is 17.1 Å². The summed E-state index contributed by atoms with van der Waals surface area (Å²) in [6.07, 6.45) is 3.97. The molecule has 0 fully saturated rings. The van der Waals surface area contributed by atoms with Gasteiger partial charge in [0.15, 0.2) is 0 Å². The molecular weight excluding hydrogens is 345 g/mol. The number of halogens is 2. The monoisotopic (exact) mass is 357 g/mol. The first kappa shape index (κ1) is 16.5. The highest BCUT2D eigenvalue weighted by molar-refractivity contribution is 6.50. The normalized spacial score (nSPS) is 12.8. The lowest BCUT2D eigenvalue weighted by atomic mass is 10.1. The SMILES string of the molecule is Cn1c2ccc(C(Cl)=CC=O)cc2c2cc(C(Cl)=CC=O)ccc21. The van der Waals surface area contributed by atoms with Crippen molar-refractivity contribution < 1.29 is 9.59 Å². The van der Waals surface area contributed by atoms with E-state index in [-0.39, 0.29) is 0 Å². The van der Waals surface area contributed by atoms with Crippen LogP contribution in [-0.2, 0) is 16.6 Å². The Hall–Kier alpha value is -2.36. The van der Waals surface area contributed by atoms with E-state index in [0.717, 1.165) is 32.9 Å². The van der Waals surface area contributed by atoms with E-state index in [0.29, 0.717) is 22.6 Å². The number of carbonyl (C=O) groups is 2. The van der Waals surface area contributed by atoms with E-state index < -0.39 is 0 Å². The summed E-state index contributed by atoms with van der Waals surface area (Å²) >= 11 is 12.3. The van der Waals surface area contributed by atoms with Crippen molar-refractivity contribution in [2.75, 3.05) is 0 Å². The number of fused-ring (bicyclic) bond motifs is 3. The van der Waals surface area contributed by atoms with Gasteiger partial charge in [0.05, 0.1) is 10.1 Å². The number of aromatic nitrogens is 1. The second-order valence-corrected chi connectivity index (χ2v) is 6.14. The molecule has 2 aromatic carbocycles. The van der Waals surface area contributed by atoms with Crippen molar-refractivity contribution in [2.45, 2.75) is 0 Å². The van der Waals surface area contributed by atoms with Gasteiger partial charge in [0.2, 0.25) is 0 Å². The fourth-order valence-electron chi connectivity index (χ4n) is 2.83. The molecule has 0 unspecified atom stereocenters. The van der Waals surface area contributed by atoms with E-state index in [1.54, 1.807) is 0 Å². The Morgan fingerprint density at radius 1 is 0.833 bits per heavy atom. The zero-order chi connectivity index (χ0) is 17.3. The van der Waals surface area contributed by atoms with Gasteiger partial charge < -0.3 is 4.57 Å². The van der Waals surface area contributed by atoms with Crippen LogP contribution in [0.4, 0.5) is 0 Å². The molecule has 0 saturated heterocycles. The molecule has 24 heavy (non-hydrogen) atoms. The Morgan fingerprint density at radius 2 is 1.25 bits per heavy atom. The van der Waals surface area contributed by atoms with Crippen LogP contribution in [0.25, 0.3) is 31.9 Å². The van der Waals surface area contributed by atoms with Gasteiger partial charge in [0, 0.05) is 28.9 Å². The first-order valence-electron chi connectivity index (χ1n) is 7.21. The molecule has 0 amide bonds. The molecule has 1 heterocycles. The number of hydrogen-bond acceptors (Lipinski definition) is 2. The van der Waals surface area contributed by atoms with Gasteiger partial charge in [0.25, 0.3) is 0 Å². The number of hydrogen-bond donors (Lipinski definition) is 0. The second-order valence-electron chi connectivity index (χ2n) is 5.32. The minimum atomic E-state index is 0.388. The van der Waals surface area contributed by atoms with E-state index in [4.69, 9.17) is 23.2 Å². The van der Waals surface area contributed by atoms with E-state index in [1.165, 1.54) is 12.2 Å². The van der Waals surface area contributed by atoms with Gasteiger partial charge in [-0.1, -0.05) is 35.3 Å². The molecular formula is C19H13Cl2NO2. The minimum Gasteiger partial charge on any atom is -0.344 e. The standard InChI is InChI=1S/C19H13Cl2NO2/c1-22-18-4-2-12(16(20)6-8-23)10-14(18)15-11-13(3-5-19(15)22)17(21)7-9-24/h2-11H,1H3. The lowest BCUT2D eigenvalue weighted by Crippen LogP contribution is -1.87. The van der Waals surface area contributed by atoms with Gasteiger partial charge in [-0.3, -0.25) is 9.59 Å². The van der Waals surface area contributed by atoms with Gasteiger partial charge in [0.1, 0.15) is 12.6 Å². The fourth-order valence-corrected chi connectivity index (χ4v) is 3.17. The summed E-state index contributed by atoms with van der Waals surface area (Å²) in [5.74, 6) is 0. The molecule has 5 heteroatoms. The minimum absolute atomic E-state index is 0.388. The van der Waals surface area contributed by atoms with Crippen LogP contribution in [0.5, 0.6) is 0 Å². The quantitative estimate of drug-likeness (QED) is 0.492. The Kier molecular flexibility index (Phi) is 4.56. The van der Waals surface area contributed by atoms with Crippen LogP contribution in [0.3, 0.4) is 0 Å². The lowest BCUT2D eigenvalue weighted by molar-refractivity contribution is -0.104. The molecule has 0 aliphatic carbocycles. The van der Waals surface area contributed by atoms with E-state index >= 15 is 0 Å². The zero-order valence-electron chi connectivity index (χ0n) is 12.8. The van der Waals surface area contributed by atoms with E-state index in [2.05, 4.69) is 4.57 Å². The number of carbonyl (C=O) groups excluding carboxylic acids is 2. The third-order valence-corrected chi connectivity index (χ3v) is 4.67. The number of nitrogens with zero attached hydrogens (tertiary/aromatic N) is 1. The van der Waals surface area contributed by atoms with Crippen LogP contribution >= 0.6 is 23.2 Å². The van der Waals surface area contributed by atoms with Crippen LogP contribution in [0.1, 0.15) is 11.1 Å². The maximum atomic E-state index is 10.6. The highest BCUT2D eigenvalue weighted by atomic mass is 35.5. The van der Waals surface area contributed by atoms with Gasteiger partial charge in [-0.2, -0.15) is 0 Å². The summed E-state index contributed by atoms with van der Waals surface area (Å²) < 4.78 is 2.08. The van der Waals surface area contributed by atoms with Crippen LogP contribution < -0.4 is 0 Å². The first-order chi connectivity index (χ1) is 11.6. The van der Waals surface area contributed by atoms with Crippen molar-refractivity contribution in [1.82, 2.24) is 4.57 Å². The zero-order valence-corrected chi connectivity index (χ0v) is 14.3. The van der Waals surface area contributed by atoms with E-state index in [1.807, 2.05) is 43.4 Å². The fraction of sp³-hybridized carbons (Fsp3) is 0.0526. The molecule has 0 aliphatic heterocycles. The highest BCUT2D eigenvalue weighted by Gasteiger charge is 2.11. The van der Waals surface area contributed by atoms with Gasteiger partial charge in [-0.05, 0) is 47.5 Å². The molecule has 1 aromatic heterocycles. The van der Waals surface area contributed by atoms with Crippen molar-refractivity contribution in [3.8, 4) is 0 Å². The van der Waals surface area contributed by atoms with Gasteiger partial charge >= 0.3 is 0 Å². The Labute approximate surface area is 148 Å². The maximum Gasteiger partial charge on any atom is 0.144 e. The number of aldehydes is 2. The first-order valence-corrected chi connectivity index (χ1v) is 7.97. The number of allylic oxidation sites excluding steroid dienone is 2. The molecule has 0 N–H and O–H groups in total. The molecule has 0 aliphatic rings. The predicted octanol–water partition coefficient (Wildman–Crippen LogP) is 4.89.